The zero-order chi connectivity index (χ0) is 14.7. The number of ether oxygens (including phenoxy) is 1. The SMILES string of the molecule is COC1CN(C(=O)c2ccnc(C(=O)O)c2)CCC1C. The van der Waals surface area contributed by atoms with E-state index < -0.39 is 5.97 Å². The minimum atomic E-state index is -1.14. The summed E-state index contributed by atoms with van der Waals surface area (Å²) in [6.45, 7) is 3.29. The molecule has 0 bridgehead atoms. The Balaban J connectivity index is 2.15. The molecule has 108 valence electrons. The number of carboxylic acids is 1. The number of carboxylic acid groups (broad SMARTS) is 1. The lowest BCUT2D eigenvalue weighted by atomic mass is 9.95. The van der Waals surface area contributed by atoms with E-state index in [0.29, 0.717) is 24.6 Å². The summed E-state index contributed by atoms with van der Waals surface area (Å²) < 4.78 is 5.38. The van der Waals surface area contributed by atoms with Crippen LogP contribution in [0.3, 0.4) is 0 Å². The Morgan fingerprint density at radius 2 is 2.25 bits per heavy atom. The van der Waals surface area contributed by atoms with E-state index in [1.165, 1.54) is 18.3 Å². The maximum Gasteiger partial charge on any atom is 0.354 e. The second kappa shape index (κ2) is 6.00. The number of aromatic carboxylic acids is 1. The van der Waals surface area contributed by atoms with Gasteiger partial charge in [0.05, 0.1) is 6.10 Å². The summed E-state index contributed by atoms with van der Waals surface area (Å²) >= 11 is 0. The molecule has 0 aromatic carbocycles. The van der Waals surface area contributed by atoms with Crippen molar-refractivity contribution in [1.82, 2.24) is 9.88 Å². The van der Waals surface area contributed by atoms with Crippen LogP contribution in [0, 0.1) is 5.92 Å². The minimum Gasteiger partial charge on any atom is -0.477 e. The molecule has 1 N–H and O–H groups in total. The Morgan fingerprint density at radius 1 is 1.50 bits per heavy atom. The highest BCUT2D eigenvalue weighted by atomic mass is 16.5. The molecule has 0 aliphatic carbocycles. The molecule has 6 heteroatoms. The molecule has 2 heterocycles. The normalized spacial score (nSPS) is 22.6. The highest BCUT2D eigenvalue weighted by Gasteiger charge is 2.29. The lowest BCUT2D eigenvalue weighted by Gasteiger charge is -2.36. The van der Waals surface area contributed by atoms with Gasteiger partial charge in [0.2, 0.25) is 0 Å². The Hall–Kier alpha value is -1.95. The Kier molecular flexibility index (Phi) is 4.34. The zero-order valence-corrected chi connectivity index (χ0v) is 11.6. The summed E-state index contributed by atoms with van der Waals surface area (Å²) in [5, 5.41) is 8.91. The van der Waals surface area contributed by atoms with Crippen LogP contribution in [0.5, 0.6) is 0 Å². The van der Waals surface area contributed by atoms with Crippen molar-refractivity contribution in [1.29, 1.82) is 0 Å². The highest BCUT2D eigenvalue weighted by molar-refractivity contribution is 5.96. The lowest BCUT2D eigenvalue weighted by Crippen LogP contribution is -2.46. The predicted octanol–water partition coefficient (Wildman–Crippen LogP) is 1.28. The summed E-state index contributed by atoms with van der Waals surface area (Å²) in [5.41, 5.74) is 0.228. The number of aromatic nitrogens is 1. The molecule has 1 aliphatic rings. The molecule has 1 aliphatic heterocycles. The average Bonchev–Trinajstić information content (AvgIpc) is 2.47. The van der Waals surface area contributed by atoms with Gasteiger partial charge in [-0.3, -0.25) is 4.79 Å². The highest BCUT2D eigenvalue weighted by Crippen LogP contribution is 2.21. The van der Waals surface area contributed by atoms with Crippen molar-refractivity contribution < 1.29 is 19.4 Å². The van der Waals surface area contributed by atoms with Crippen LogP contribution in [0.1, 0.15) is 34.2 Å². The topological polar surface area (TPSA) is 79.7 Å². The van der Waals surface area contributed by atoms with Crippen LogP contribution < -0.4 is 0 Å². The van der Waals surface area contributed by atoms with E-state index >= 15 is 0 Å². The molecule has 2 rings (SSSR count). The predicted molar refractivity (Wildman–Crippen MR) is 71.7 cm³/mol. The van der Waals surface area contributed by atoms with Crippen LogP contribution in [0.25, 0.3) is 0 Å². The average molecular weight is 278 g/mol. The van der Waals surface area contributed by atoms with E-state index in [2.05, 4.69) is 11.9 Å². The van der Waals surface area contributed by atoms with Gasteiger partial charge in [0, 0.05) is 32.0 Å². The maximum absolute atomic E-state index is 12.4. The van der Waals surface area contributed by atoms with Crippen LogP contribution in [0.2, 0.25) is 0 Å². The van der Waals surface area contributed by atoms with E-state index in [1.807, 2.05) is 0 Å². The van der Waals surface area contributed by atoms with E-state index in [4.69, 9.17) is 9.84 Å². The third-order valence-corrected chi connectivity index (χ3v) is 3.71. The third-order valence-electron chi connectivity index (χ3n) is 3.71. The van der Waals surface area contributed by atoms with Gasteiger partial charge >= 0.3 is 5.97 Å². The van der Waals surface area contributed by atoms with Gasteiger partial charge in [-0.25, -0.2) is 9.78 Å². The molecule has 2 atom stereocenters. The van der Waals surface area contributed by atoms with Gasteiger partial charge in [0.15, 0.2) is 0 Å². The first-order chi connectivity index (χ1) is 9.52. The Morgan fingerprint density at radius 3 is 2.90 bits per heavy atom. The number of amides is 1. The minimum absolute atomic E-state index is 0.0217. The maximum atomic E-state index is 12.4. The van der Waals surface area contributed by atoms with E-state index in [0.717, 1.165) is 6.42 Å². The van der Waals surface area contributed by atoms with Gasteiger partial charge in [0.1, 0.15) is 5.69 Å². The van der Waals surface area contributed by atoms with Gasteiger partial charge in [-0.2, -0.15) is 0 Å². The first-order valence-corrected chi connectivity index (χ1v) is 6.54. The van der Waals surface area contributed by atoms with Crippen molar-refractivity contribution in [3.63, 3.8) is 0 Å². The second-order valence-corrected chi connectivity index (χ2v) is 5.03. The summed E-state index contributed by atoms with van der Waals surface area (Å²) in [4.78, 5) is 28.7. The standard InChI is InChI=1S/C14H18N2O4/c1-9-4-6-16(8-12(9)20-2)13(17)10-3-5-15-11(7-10)14(18)19/h3,5,7,9,12H,4,6,8H2,1-2H3,(H,18,19). The first kappa shape index (κ1) is 14.5. The molecule has 2 unspecified atom stereocenters. The Labute approximate surface area is 117 Å². The number of carbonyl (C=O) groups is 2. The molecular formula is C14H18N2O4. The summed E-state index contributed by atoms with van der Waals surface area (Å²) in [6, 6.07) is 2.85. The molecule has 6 nitrogen and oxygen atoms in total. The fourth-order valence-electron chi connectivity index (χ4n) is 2.39. The molecule has 1 amide bonds. The number of pyridine rings is 1. The Bertz CT molecular complexity index is 518. The van der Waals surface area contributed by atoms with E-state index in [-0.39, 0.29) is 17.7 Å². The van der Waals surface area contributed by atoms with Gasteiger partial charge in [-0.15, -0.1) is 0 Å². The summed E-state index contributed by atoms with van der Waals surface area (Å²) in [7, 11) is 1.64. The van der Waals surface area contributed by atoms with Crippen molar-refractivity contribution in [2.75, 3.05) is 20.2 Å². The molecule has 1 fully saturated rings. The number of carbonyl (C=O) groups excluding carboxylic acids is 1. The van der Waals surface area contributed by atoms with E-state index in [1.54, 1.807) is 12.0 Å². The number of hydrogen-bond acceptors (Lipinski definition) is 4. The quantitative estimate of drug-likeness (QED) is 0.900. The first-order valence-electron chi connectivity index (χ1n) is 6.54. The molecule has 1 aromatic rings. The fourth-order valence-corrected chi connectivity index (χ4v) is 2.39. The van der Waals surface area contributed by atoms with Crippen molar-refractivity contribution in [2.24, 2.45) is 5.92 Å². The lowest BCUT2D eigenvalue weighted by molar-refractivity contribution is -0.00157. The largest absolute Gasteiger partial charge is 0.477 e. The van der Waals surface area contributed by atoms with Gasteiger partial charge < -0.3 is 14.7 Å². The van der Waals surface area contributed by atoms with Crippen molar-refractivity contribution in [2.45, 2.75) is 19.4 Å². The molecule has 1 aromatic heterocycles. The number of piperidine rings is 1. The third kappa shape index (κ3) is 2.96. The van der Waals surface area contributed by atoms with E-state index in [9.17, 15) is 9.59 Å². The number of nitrogens with zero attached hydrogens (tertiary/aromatic N) is 2. The van der Waals surface area contributed by atoms with Crippen LogP contribution >= 0.6 is 0 Å². The molecule has 0 spiro atoms. The summed E-state index contributed by atoms with van der Waals surface area (Å²) in [6.07, 6.45) is 2.24. The smallest absolute Gasteiger partial charge is 0.354 e. The molecule has 0 radical (unpaired) electrons. The number of rotatable bonds is 3. The van der Waals surface area contributed by atoms with Gasteiger partial charge in [-0.1, -0.05) is 6.92 Å². The fraction of sp³-hybridized carbons (Fsp3) is 0.500. The van der Waals surface area contributed by atoms with Crippen molar-refractivity contribution in [3.05, 3.63) is 29.6 Å². The number of likely N-dealkylation sites (tertiary alicyclic amines) is 1. The number of hydrogen-bond donors (Lipinski definition) is 1. The monoisotopic (exact) mass is 278 g/mol. The second-order valence-electron chi connectivity index (χ2n) is 5.03. The van der Waals surface area contributed by atoms with Crippen LogP contribution in [0.4, 0.5) is 0 Å². The molecule has 20 heavy (non-hydrogen) atoms. The van der Waals surface area contributed by atoms with Crippen LogP contribution in [-0.2, 0) is 4.74 Å². The van der Waals surface area contributed by atoms with Crippen molar-refractivity contribution in [3.8, 4) is 0 Å². The van der Waals surface area contributed by atoms with Gasteiger partial charge in [0.25, 0.3) is 5.91 Å². The van der Waals surface area contributed by atoms with Crippen LogP contribution in [0.15, 0.2) is 18.3 Å². The van der Waals surface area contributed by atoms with Crippen molar-refractivity contribution >= 4 is 11.9 Å². The molecule has 0 saturated carbocycles. The van der Waals surface area contributed by atoms with Crippen LogP contribution in [-0.4, -0.2) is 53.2 Å². The number of methoxy groups -OCH3 is 1. The zero-order valence-electron chi connectivity index (χ0n) is 11.6. The molecule has 1 saturated heterocycles. The van der Waals surface area contributed by atoms with Gasteiger partial charge in [-0.05, 0) is 24.5 Å². The molecular weight excluding hydrogens is 260 g/mol. The summed E-state index contributed by atoms with van der Waals surface area (Å²) in [5.74, 6) is -0.901.